The van der Waals surface area contributed by atoms with E-state index in [0.29, 0.717) is 12.1 Å². The Kier molecular flexibility index (Phi) is 1.97. The van der Waals surface area contributed by atoms with Crippen LogP contribution >= 0.6 is 0 Å². The fourth-order valence-electron chi connectivity index (χ4n) is 1.16. The fourth-order valence-corrected chi connectivity index (χ4v) is 1.16. The van der Waals surface area contributed by atoms with E-state index < -0.39 is 6.58 Å². The van der Waals surface area contributed by atoms with Gasteiger partial charge in [0, 0.05) is 18.2 Å². The number of rotatable bonds is 2. The molecule has 0 bridgehead atoms. The van der Waals surface area contributed by atoms with Gasteiger partial charge in [0.25, 0.3) is 0 Å². The lowest BCUT2D eigenvalue weighted by molar-refractivity contribution is 0.0501. The molecule has 3 heteroatoms. The maximum atomic E-state index is 8.80. The molecule has 0 radical (unpaired) electrons. The zero-order chi connectivity index (χ0) is 8.43. The molecule has 0 amide bonds. The van der Waals surface area contributed by atoms with E-state index in [1.165, 1.54) is 0 Å². The summed E-state index contributed by atoms with van der Waals surface area (Å²) in [6.07, 6.45) is 0.218. The van der Waals surface area contributed by atoms with Gasteiger partial charge in [-0.2, -0.15) is 0 Å². The largest absolute Gasteiger partial charge is 0.394 e. The van der Waals surface area contributed by atoms with Crippen LogP contribution in [0.2, 0.25) is 0 Å². The summed E-state index contributed by atoms with van der Waals surface area (Å²) in [6, 6.07) is 0. The fraction of sp³-hybridized carbons (Fsp3) is 0.857. The average Bonchev–Trinajstić information content (AvgIpc) is 2.30. The van der Waals surface area contributed by atoms with Gasteiger partial charge in [-0.05, 0) is 13.3 Å². The smallest absolute Gasteiger partial charge is 0.0886 e. The molecule has 0 saturated carbocycles. The minimum Gasteiger partial charge on any atom is -0.394 e. The molecular weight excluding hydrogens is 130 g/mol. The van der Waals surface area contributed by atoms with Gasteiger partial charge in [-0.3, -0.25) is 0 Å². The van der Waals surface area contributed by atoms with Crippen LogP contribution in [0.3, 0.4) is 0 Å². The van der Waals surface area contributed by atoms with Crippen molar-refractivity contribution < 1.29 is 11.2 Å². The Morgan fingerprint density at radius 2 is 2.70 bits per heavy atom. The molecule has 1 unspecified atom stereocenters. The van der Waals surface area contributed by atoms with Crippen LogP contribution in [-0.2, 0) is 4.74 Å². The first-order valence-corrected chi connectivity index (χ1v) is 3.38. The lowest BCUT2D eigenvalue weighted by Crippen LogP contribution is -2.25. The zero-order valence-corrected chi connectivity index (χ0v) is 6.00. The highest BCUT2D eigenvalue weighted by molar-refractivity contribution is 5.82. The maximum Gasteiger partial charge on any atom is 0.0886 e. The Balaban J connectivity index is 2.57. The van der Waals surface area contributed by atoms with Crippen molar-refractivity contribution in [2.45, 2.75) is 19.4 Å². The third-order valence-electron chi connectivity index (χ3n) is 1.81. The molecule has 2 N–H and O–H groups in total. The second kappa shape index (κ2) is 3.12. The van der Waals surface area contributed by atoms with Crippen molar-refractivity contribution in [3.8, 4) is 0 Å². The molecule has 1 rings (SSSR count). The van der Waals surface area contributed by atoms with E-state index in [9.17, 15) is 0 Å². The van der Waals surface area contributed by atoms with Gasteiger partial charge in [-0.1, -0.05) is 0 Å². The number of aliphatic hydroxyl groups excluding tert-OH is 1. The monoisotopic (exact) mass is 145 g/mol. The number of ether oxygens (including phenoxy) is 1. The van der Waals surface area contributed by atoms with Gasteiger partial charge in [0.2, 0.25) is 0 Å². The lowest BCUT2D eigenvalue weighted by atomic mass is 9.97. The first-order chi connectivity index (χ1) is 5.15. The van der Waals surface area contributed by atoms with Crippen LogP contribution in [0.4, 0.5) is 0 Å². The molecule has 0 aromatic heterocycles. The zero-order valence-electron chi connectivity index (χ0n) is 7.00. The van der Waals surface area contributed by atoms with Crippen molar-refractivity contribution in [3.05, 3.63) is 0 Å². The predicted octanol–water partition coefficient (Wildman–Crippen LogP) is 0.423. The van der Waals surface area contributed by atoms with Gasteiger partial charge in [0.15, 0.2) is 0 Å². The van der Waals surface area contributed by atoms with E-state index >= 15 is 0 Å². The second-order valence-corrected chi connectivity index (χ2v) is 2.55. The molecule has 10 heavy (non-hydrogen) atoms. The standard InChI is InChI=1S/C7H13NO2/c1-5(8)6-2-3-10-7(6)4-9/h6-9H,2-4H2,1H3/t6?,7-/m1/s1/i3T/t3-,6?,7+/m0. The average molecular weight is 145 g/mol. The Morgan fingerprint density at radius 1 is 2.00 bits per heavy atom. The van der Waals surface area contributed by atoms with Gasteiger partial charge >= 0.3 is 0 Å². The number of aliphatic hydroxyl groups is 1. The van der Waals surface area contributed by atoms with E-state index in [-0.39, 0.29) is 18.6 Å². The van der Waals surface area contributed by atoms with Gasteiger partial charge in [0.05, 0.1) is 14.1 Å². The molecule has 3 nitrogen and oxygen atoms in total. The lowest BCUT2D eigenvalue weighted by Gasteiger charge is -2.13. The molecule has 1 aliphatic heterocycles. The molecule has 0 aromatic rings. The normalized spacial score (nSPS) is 41.4. The Bertz CT molecular complexity index is 163. The number of hydrogen-bond donors (Lipinski definition) is 2. The van der Waals surface area contributed by atoms with Crippen LogP contribution < -0.4 is 0 Å². The molecule has 0 aromatic carbocycles. The SMILES string of the molecule is [3H][C@H]1CC(C(C)=N)[C@@H](CO)O1. The molecule has 58 valence electrons. The summed E-state index contributed by atoms with van der Waals surface area (Å²) in [5, 5.41) is 16.1. The third-order valence-corrected chi connectivity index (χ3v) is 1.81. The summed E-state index contributed by atoms with van der Waals surface area (Å²) in [4.78, 5) is 0. The van der Waals surface area contributed by atoms with Crippen molar-refractivity contribution >= 4 is 5.71 Å². The van der Waals surface area contributed by atoms with Crippen LogP contribution in [0, 0.1) is 11.3 Å². The van der Waals surface area contributed by atoms with Crippen LogP contribution in [0.25, 0.3) is 0 Å². The van der Waals surface area contributed by atoms with Crippen molar-refractivity contribution in [2.75, 3.05) is 13.2 Å². The van der Waals surface area contributed by atoms with Gasteiger partial charge in [0.1, 0.15) is 0 Å². The molecule has 1 fully saturated rings. The first-order valence-electron chi connectivity index (χ1n) is 3.96. The van der Waals surface area contributed by atoms with Crippen molar-refractivity contribution in [1.29, 1.82) is 5.41 Å². The van der Waals surface area contributed by atoms with Gasteiger partial charge in [-0.15, -0.1) is 0 Å². The van der Waals surface area contributed by atoms with Crippen LogP contribution in [0.5, 0.6) is 0 Å². The summed E-state index contributed by atoms with van der Waals surface area (Å²) >= 11 is 0. The van der Waals surface area contributed by atoms with Crippen LogP contribution in [0.15, 0.2) is 0 Å². The summed E-state index contributed by atoms with van der Waals surface area (Å²) in [7, 11) is 0. The molecule has 3 atom stereocenters. The van der Waals surface area contributed by atoms with Gasteiger partial charge in [-0.25, -0.2) is 0 Å². The Labute approximate surface area is 61.9 Å². The molecular formula is C7H13NO2. The minimum atomic E-state index is -0.558. The topological polar surface area (TPSA) is 53.3 Å². The number of hydrogen-bond acceptors (Lipinski definition) is 3. The highest BCUT2D eigenvalue weighted by Crippen LogP contribution is 2.20. The third kappa shape index (κ3) is 1.36. The predicted molar refractivity (Wildman–Crippen MR) is 38.3 cm³/mol. The molecule has 0 spiro atoms. The van der Waals surface area contributed by atoms with E-state index in [4.69, 9.17) is 16.6 Å². The molecule has 0 aliphatic carbocycles. The van der Waals surface area contributed by atoms with Crippen molar-refractivity contribution in [1.82, 2.24) is 0 Å². The highest BCUT2D eigenvalue weighted by Gasteiger charge is 2.28. The van der Waals surface area contributed by atoms with Gasteiger partial charge < -0.3 is 15.3 Å². The highest BCUT2D eigenvalue weighted by atomic mass is 16.5. The molecule has 1 aliphatic rings. The van der Waals surface area contributed by atoms with E-state index in [0.717, 1.165) is 0 Å². The summed E-state index contributed by atoms with van der Waals surface area (Å²) < 4.78 is 12.3. The summed E-state index contributed by atoms with van der Waals surface area (Å²) in [6.45, 7) is 1.04. The molecule has 1 saturated heterocycles. The van der Waals surface area contributed by atoms with E-state index in [2.05, 4.69) is 0 Å². The van der Waals surface area contributed by atoms with Crippen LogP contribution in [-0.4, -0.2) is 30.1 Å². The van der Waals surface area contributed by atoms with Crippen molar-refractivity contribution in [2.24, 2.45) is 5.92 Å². The maximum absolute atomic E-state index is 8.80. The second-order valence-electron chi connectivity index (χ2n) is 2.55. The quantitative estimate of drug-likeness (QED) is 0.553. The van der Waals surface area contributed by atoms with E-state index in [1.54, 1.807) is 6.92 Å². The molecule has 1 heterocycles. The minimum absolute atomic E-state index is 0.0532. The first kappa shape index (κ1) is 6.31. The van der Waals surface area contributed by atoms with Crippen LogP contribution in [0.1, 0.15) is 14.7 Å². The van der Waals surface area contributed by atoms with E-state index in [1.807, 2.05) is 0 Å². The van der Waals surface area contributed by atoms with Crippen molar-refractivity contribution in [3.63, 3.8) is 0 Å². The Morgan fingerprint density at radius 3 is 3.10 bits per heavy atom. The Hall–Kier alpha value is -0.410. The number of nitrogens with one attached hydrogen (secondary N) is 1. The summed E-state index contributed by atoms with van der Waals surface area (Å²) in [5.41, 5.74) is 0.499. The summed E-state index contributed by atoms with van der Waals surface area (Å²) in [5.74, 6) is -0.0532.